The van der Waals surface area contributed by atoms with Gasteiger partial charge in [-0.25, -0.2) is 0 Å². The Morgan fingerprint density at radius 1 is 0.571 bits per heavy atom. The Hall–Kier alpha value is -2.64. The highest BCUT2D eigenvalue weighted by Crippen LogP contribution is 2.22. The number of rotatable bonds is 22. The summed E-state index contributed by atoms with van der Waals surface area (Å²) in [4.78, 5) is 49.7. The predicted molar refractivity (Wildman–Crippen MR) is 161 cm³/mol. The lowest BCUT2D eigenvalue weighted by Crippen LogP contribution is -2.59. The molecular formula is C28H50N4O17. The number of carbonyl (C=O) groups excluding carboxylic acids is 3. The van der Waals surface area contributed by atoms with Gasteiger partial charge < -0.3 is 80.9 Å². The van der Waals surface area contributed by atoms with Crippen LogP contribution >= 0.6 is 0 Å². The molecular weight excluding hydrogens is 664 g/mol. The normalized spacial score (nSPS) is 30.1. The fraction of sp³-hybridized carbons (Fsp3) is 0.857. The number of amides is 3. The predicted octanol–water partition coefficient (Wildman–Crippen LogP) is -7.09. The van der Waals surface area contributed by atoms with E-state index in [1.165, 1.54) is 4.90 Å². The van der Waals surface area contributed by atoms with Gasteiger partial charge in [-0.05, 0) is 12.8 Å². The maximum atomic E-state index is 12.7. The molecule has 21 heteroatoms. The summed E-state index contributed by atoms with van der Waals surface area (Å²) in [5, 5.41) is 94.5. The lowest BCUT2D eigenvalue weighted by atomic mass is 9.99. The first-order chi connectivity index (χ1) is 23.3. The van der Waals surface area contributed by atoms with Crippen LogP contribution in [0.3, 0.4) is 0 Å². The highest BCUT2D eigenvalue weighted by molar-refractivity contribution is 5.84. The number of unbranched alkanes of at least 4 members (excludes halogenated alkanes) is 2. The molecule has 2 heterocycles. The second kappa shape index (κ2) is 22.2. The van der Waals surface area contributed by atoms with Crippen LogP contribution in [-0.4, -0.2) is 202 Å². The highest BCUT2D eigenvalue weighted by Gasteiger charge is 2.45. The minimum Gasteiger partial charge on any atom is -0.481 e. The molecule has 0 spiro atoms. The van der Waals surface area contributed by atoms with Crippen molar-refractivity contribution in [1.82, 2.24) is 20.9 Å². The van der Waals surface area contributed by atoms with Crippen molar-refractivity contribution in [2.24, 2.45) is 0 Å². The average Bonchev–Trinajstić information content (AvgIpc) is 3.06. The van der Waals surface area contributed by atoms with E-state index in [1.54, 1.807) is 0 Å². The van der Waals surface area contributed by atoms with E-state index in [1.807, 2.05) is 0 Å². The molecule has 3 amide bonds. The lowest BCUT2D eigenvalue weighted by molar-refractivity contribution is -0.300. The number of carboxylic acid groups (broad SMARTS) is 1. The van der Waals surface area contributed by atoms with Crippen LogP contribution in [0.25, 0.3) is 0 Å². The third-order valence-electron chi connectivity index (χ3n) is 7.60. The maximum absolute atomic E-state index is 12.7. The van der Waals surface area contributed by atoms with Crippen LogP contribution in [0, 0.1) is 0 Å². The van der Waals surface area contributed by atoms with E-state index in [9.17, 15) is 60.0 Å². The zero-order valence-electron chi connectivity index (χ0n) is 26.9. The molecule has 2 aliphatic heterocycles. The van der Waals surface area contributed by atoms with E-state index in [0.717, 1.165) is 0 Å². The molecule has 0 aliphatic carbocycles. The van der Waals surface area contributed by atoms with Gasteiger partial charge in [-0.2, -0.15) is 0 Å². The molecule has 0 saturated carbocycles. The second-order valence-electron chi connectivity index (χ2n) is 11.5. The fourth-order valence-electron chi connectivity index (χ4n) is 4.89. The van der Waals surface area contributed by atoms with Crippen LogP contribution in [0.5, 0.6) is 0 Å². The smallest absolute Gasteiger partial charge is 0.303 e. The minimum absolute atomic E-state index is 0.00701. The Morgan fingerprint density at radius 3 is 1.37 bits per heavy atom. The maximum Gasteiger partial charge on any atom is 0.303 e. The van der Waals surface area contributed by atoms with Crippen molar-refractivity contribution in [2.75, 3.05) is 65.7 Å². The molecule has 21 nitrogen and oxygen atoms in total. The van der Waals surface area contributed by atoms with Crippen LogP contribution in [0.4, 0.5) is 0 Å². The summed E-state index contributed by atoms with van der Waals surface area (Å²) in [5.41, 5.74) is 0. The van der Waals surface area contributed by atoms with E-state index in [4.69, 9.17) is 24.1 Å². The van der Waals surface area contributed by atoms with Gasteiger partial charge in [-0.1, -0.05) is 6.42 Å². The van der Waals surface area contributed by atoms with Crippen molar-refractivity contribution in [3.8, 4) is 0 Å². The van der Waals surface area contributed by atoms with E-state index in [0.29, 0.717) is 19.3 Å². The first kappa shape index (κ1) is 42.5. The first-order valence-electron chi connectivity index (χ1n) is 15.9. The molecule has 2 rings (SSSR count). The number of hydrogen-bond acceptors (Lipinski definition) is 17. The largest absolute Gasteiger partial charge is 0.481 e. The Morgan fingerprint density at radius 2 is 0.980 bits per heavy atom. The third kappa shape index (κ3) is 14.6. The summed E-state index contributed by atoms with van der Waals surface area (Å²) >= 11 is 0. The number of aliphatic hydroxyl groups excluding tert-OH is 8. The topological polar surface area (TPSA) is 327 Å². The summed E-state index contributed by atoms with van der Waals surface area (Å²) in [6.45, 7) is -2.91. The van der Waals surface area contributed by atoms with Gasteiger partial charge in [0.15, 0.2) is 12.6 Å². The van der Waals surface area contributed by atoms with Crippen LogP contribution in [-0.2, 0) is 38.1 Å². The summed E-state index contributed by atoms with van der Waals surface area (Å²) < 4.78 is 21.1. The second-order valence-corrected chi connectivity index (χ2v) is 11.5. The van der Waals surface area contributed by atoms with Crippen molar-refractivity contribution in [2.45, 2.75) is 87.1 Å². The molecule has 0 aromatic carbocycles. The minimum atomic E-state index is -1.64. The molecule has 10 atom stereocenters. The van der Waals surface area contributed by atoms with E-state index >= 15 is 0 Å². The number of nitrogens with zero attached hydrogens (tertiary/aromatic N) is 1. The Labute approximate surface area is 281 Å². The van der Waals surface area contributed by atoms with E-state index < -0.39 is 111 Å². The quantitative estimate of drug-likeness (QED) is 0.0463. The standard InChI is InChI=1S/C28H50N4O17/c33-13-15-21(40)23(42)25(44)27(48-15)46-8-6-30-18(36)11-32(10-17(35)29-5-3-1-2-4-20(38)39)12-19(37)31-7-9-47-28-26(45)24(43)22(41)16(14-34)49-28/h15-16,21-28,33-34,40-45H,1-14H2,(H,29,35)(H,30,36)(H,31,37)(H,38,39)/t15-,16-,21-,22-,23+,24+,25+,26+,27+,28+/m1/s1. The van der Waals surface area contributed by atoms with E-state index in [-0.39, 0.29) is 45.8 Å². The van der Waals surface area contributed by atoms with Crippen LogP contribution in [0.15, 0.2) is 0 Å². The third-order valence-corrected chi connectivity index (χ3v) is 7.60. The molecule has 0 unspecified atom stereocenters. The SMILES string of the molecule is O=C(O)CCCCCNC(=O)CN(CC(=O)NCCO[C@H]1O[C@H](CO)[C@@H](O)[C@H](O)[C@@H]1O)CC(=O)NCCO[C@H]1O[C@H](CO)[C@@H](O)[C@H](O)[C@@H]1O. The molecule has 284 valence electrons. The van der Waals surface area contributed by atoms with Gasteiger partial charge in [0, 0.05) is 26.1 Å². The fourth-order valence-corrected chi connectivity index (χ4v) is 4.89. The summed E-state index contributed by atoms with van der Waals surface area (Å²) in [6, 6.07) is 0. The van der Waals surface area contributed by atoms with Gasteiger partial charge in [0.25, 0.3) is 0 Å². The lowest BCUT2D eigenvalue weighted by Gasteiger charge is -2.39. The first-order valence-corrected chi connectivity index (χ1v) is 15.9. The van der Waals surface area contributed by atoms with Crippen molar-refractivity contribution >= 4 is 23.7 Å². The van der Waals surface area contributed by atoms with Gasteiger partial charge in [0.1, 0.15) is 48.8 Å². The van der Waals surface area contributed by atoms with Gasteiger partial charge in [0.2, 0.25) is 17.7 Å². The summed E-state index contributed by atoms with van der Waals surface area (Å²) in [7, 11) is 0. The van der Waals surface area contributed by atoms with Crippen molar-refractivity contribution < 1.29 is 84.1 Å². The molecule has 2 fully saturated rings. The van der Waals surface area contributed by atoms with Gasteiger partial charge in [-0.15, -0.1) is 0 Å². The number of carboxylic acids is 1. The molecule has 12 N–H and O–H groups in total. The molecule has 0 aromatic rings. The van der Waals surface area contributed by atoms with Gasteiger partial charge >= 0.3 is 5.97 Å². The Kier molecular flexibility index (Phi) is 19.3. The monoisotopic (exact) mass is 714 g/mol. The van der Waals surface area contributed by atoms with Gasteiger partial charge in [-0.3, -0.25) is 24.1 Å². The van der Waals surface area contributed by atoms with Crippen LogP contribution < -0.4 is 16.0 Å². The molecule has 0 bridgehead atoms. The highest BCUT2D eigenvalue weighted by atomic mass is 16.7. The van der Waals surface area contributed by atoms with Crippen molar-refractivity contribution in [3.63, 3.8) is 0 Å². The Bertz CT molecular complexity index is 966. The summed E-state index contributed by atoms with van der Waals surface area (Å²) in [6.07, 6.45) is -13.3. The zero-order valence-corrected chi connectivity index (χ0v) is 26.9. The number of ether oxygens (including phenoxy) is 4. The molecule has 0 aromatic heterocycles. The van der Waals surface area contributed by atoms with E-state index in [2.05, 4.69) is 16.0 Å². The zero-order chi connectivity index (χ0) is 36.5. The number of aliphatic hydroxyl groups is 8. The Balaban J connectivity index is 1.84. The van der Waals surface area contributed by atoms with Crippen LogP contribution in [0.1, 0.15) is 25.7 Å². The number of aliphatic carboxylic acids is 1. The molecule has 2 aliphatic rings. The van der Waals surface area contributed by atoms with Crippen LogP contribution in [0.2, 0.25) is 0 Å². The van der Waals surface area contributed by atoms with Gasteiger partial charge in [0.05, 0.1) is 46.1 Å². The number of nitrogens with one attached hydrogen (secondary N) is 3. The number of hydrogen-bond donors (Lipinski definition) is 12. The number of carbonyl (C=O) groups is 4. The summed E-state index contributed by atoms with van der Waals surface area (Å²) in [5.74, 6) is -2.65. The average molecular weight is 715 g/mol. The molecule has 2 saturated heterocycles. The molecule has 49 heavy (non-hydrogen) atoms. The molecule has 0 radical (unpaired) electrons. The van der Waals surface area contributed by atoms with Crippen molar-refractivity contribution in [1.29, 1.82) is 0 Å². The van der Waals surface area contributed by atoms with Crippen molar-refractivity contribution in [3.05, 3.63) is 0 Å².